The predicted molar refractivity (Wildman–Crippen MR) is 220 cm³/mol. The molecule has 11 rings (SSSR count). The molecule has 244 valence electrons. The van der Waals surface area contributed by atoms with Crippen LogP contribution in [-0.2, 0) is 5.41 Å². The molecule has 1 aliphatic carbocycles. The average Bonchev–Trinajstić information content (AvgIpc) is 3.69. The number of furan rings is 1. The first kappa shape index (κ1) is 29.3. The molecule has 9 aromatic carbocycles. The molecule has 0 spiro atoms. The number of hydrogen-bond acceptors (Lipinski definition) is 1. The Kier molecular flexibility index (Phi) is 6.08. The maximum Gasteiger partial charge on any atom is 0.143 e. The van der Waals surface area contributed by atoms with Crippen LogP contribution in [0.25, 0.3) is 98.8 Å². The molecule has 52 heavy (non-hydrogen) atoms. The lowest BCUT2D eigenvalue weighted by molar-refractivity contribution is 0.661. The number of benzene rings is 9. The lowest BCUT2D eigenvalue weighted by Crippen LogP contribution is -2.15. The zero-order chi connectivity index (χ0) is 34.6. The van der Waals surface area contributed by atoms with Gasteiger partial charge in [-0.3, -0.25) is 0 Å². The highest BCUT2D eigenvalue weighted by molar-refractivity contribution is 6.24. The minimum Gasteiger partial charge on any atom is -0.455 e. The van der Waals surface area contributed by atoms with Crippen LogP contribution < -0.4 is 0 Å². The van der Waals surface area contributed by atoms with Gasteiger partial charge in [0.2, 0.25) is 0 Å². The molecule has 1 heteroatoms. The second kappa shape index (κ2) is 10.8. The first-order valence-corrected chi connectivity index (χ1v) is 18.2. The number of rotatable bonds is 3. The zero-order valence-electron chi connectivity index (χ0n) is 29.1. The molecular weight excluding hydrogens is 629 g/mol. The first-order valence-electron chi connectivity index (χ1n) is 18.2. The minimum absolute atomic E-state index is 0.0900. The van der Waals surface area contributed by atoms with Crippen LogP contribution in [0.15, 0.2) is 174 Å². The number of para-hydroxylation sites is 2. The molecule has 1 aromatic heterocycles. The maximum absolute atomic E-state index is 6.60. The van der Waals surface area contributed by atoms with Crippen LogP contribution in [0.2, 0.25) is 0 Å². The lowest BCUT2D eigenvalue weighted by Gasteiger charge is -2.22. The molecule has 0 saturated carbocycles. The molecule has 0 radical (unpaired) electrons. The first-order chi connectivity index (χ1) is 25.6. The van der Waals surface area contributed by atoms with E-state index < -0.39 is 0 Å². The van der Waals surface area contributed by atoms with Gasteiger partial charge in [0.05, 0.1) is 0 Å². The molecule has 1 aliphatic rings. The number of fused-ring (bicyclic) bond motifs is 10. The van der Waals surface area contributed by atoms with Crippen LogP contribution in [0.4, 0.5) is 0 Å². The predicted octanol–water partition coefficient (Wildman–Crippen LogP) is 14.4. The van der Waals surface area contributed by atoms with Gasteiger partial charge in [-0.05, 0) is 95.0 Å². The Morgan fingerprint density at radius 3 is 1.73 bits per heavy atom. The van der Waals surface area contributed by atoms with Crippen molar-refractivity contribution in [3.8, 4) is 44.5 Å². The van der Waals surface area contributed by atoms with E-state index in [2.05, 4.69) is 178 Å². The van der Waals surface area contributed by atoms with Gasteiger partial charge in [0.15, 0.2) is 0 Å². The monoisotopic (exact) mass is 662 g/mol. The summed E-state index contributed by atoms with van der Waals surface area (Å²) in [5.41, 5.74) is 14.6. The van der Waals surface area contributed by atoms with Gasteiger partial charge in [-0.1, -0.05) is 166 Å². The van der Waals surface area contributed by atoms with Crippen molar-refractivity contribution in [1.29, 1.82) is 0 Å². The van der Waals surface area contributed by atoms with Crippen molar-refractivity contribution in [3.63, 3.8) is 0 Å². The summed E-state index contributed by atoms with van der Waals surface area (Å²) in [7, 11) is 0. The zero-order valence-corrected chi connectivity index (χ0v) is 29.1. The molecule has 10 aromatic rings. The van der Waals surface area contributed by atoms with Crippen molar-refractivity contribution in [2.75, 3.05) is 0 Å². The summed E-state index contributed by atoms with van der Waals surface area (Å²) in [6, 6.07) is 62.3. The fourth-order valence-electron chi connectivity index (χ4n) is 9.21. The summed E-state index contributed by atoms with van der Waals surface area (Å²) < 4.78 is 6.60. The van der Waals surface area contributed by atoms with E-state index in [1.807, 2.05) is 6.07 Å². The Labute approximate surface area is 302 Å². The summed E-state index contributed by atoms with van der Waals surface area (Å²) in [5, 5.41) is 9.83. The number of hydrogen-bond donors (Lipinski definition) is 0. The van der Waals surface area contributed by atoms with E-state index in [1.54, 1.807) is 0 Å². The van der Waals surface area contributed by atoms with Gasteiger partial charge in [-0.25, -0.2) is 0 Å². The molecule has 0 unspecified atom stereocenters. The van der Waals surface area contributed by atoms with E-state index in [9.17, 15) is 0 Å². The summed E-state index contributed by atoms with van der Waals surface area (Å²) in [6.45, 7) is 4.75. The van der Waals surface area contributed by atoms with Crippen molar-refractivity contribution in [2.45, 2.75) is 19.3 Å². The minimum atomic E-state index is -0.0900. The second-order valence-corrected chi connectivity index (χ2v) is 14.8. The summed E-state index contributed by atoms with van der Waals surface area (Å²) in [4.78, 5) is 0. The third-order valence-electron chi connectivity index (χ3n) is 11.7. The summed E-state index contributed by atoms with van der Waals surface area (Å²) in [6.07, 6.45) is 0. The van der Waals surface area contributed by atoms with Crippen molar-refractivity contribution in [1.82, 2.24) is 0 Å². The standard InChI is InChI=1S/C51H34O/c1-51(2)44-28-26-31-13-3-4-16-35(31)49(44)42-27-25-33(30-45(42)51)32-14-11-15-34(29-32)47-37-18-5-7-20-39(37)48(40-21-8-6-19-38(40)47)43-23-12-22-41-36-17-9-10-24-46(36)52-50(41)43/h3-30H,1-2H3. The van der Waals surface area contributed by atoms with Crippen molar-refractivity contribution in [3.05, 3.63) is 181 Å². The van der Waals surface area contributed by atoms with E-state index in [-0.39, 0.29) is 5.41 Å². The van der Waals surface area contributed by atoms with E-state index >= 15 is 0 Å². The molecule has 0 bridgehead atoms. The SMILES string of the molecule is CC1(C)c2cc(-c3cccc(-c4c5ccccc5c(-c5cccc6c5oc5ccccc56)c5ccccc45)c3)ccc2-c2c1ccc1ccccc21. The molecule has 0 amide bonds. The fraction of sp³-hybridized carbons (Fsp3) is 0.0588. The van der Waals surface area contributed by atoms with Crippen molar-refractivity contribution >= 4 is 54.3 Å². The van der Waals surface area contributed by atoms with Gasteiger partial charge < -0.3 is 4.42 Å². The topological polar surface area (TPSA) is 13.1 Å². The van der Waals surface area contributed by atoms with Gasteiger partial charge in [0.1, 0.15) is 11.2 Å². The fourth-order valence-corrected chi connectivity index (χ4v) is 9.21. The molecule has 0 fully saturated rings. The highest BCUT2D eigenvalue weighted by Crippen LogP contribution is 2.52. The Bertz CT molecular complexity index is 3040. The van der Waals surface area contributed by atoms with Gasteiger partial charge in [-0.15, -0.1) is 0 Å². The highest BCUT2D eigenvalue weighted by Gasteiger charge is 2.36. The van der Waals surface area contributed by atoms with Gasteiger partial charge in [0, 0.05) is 27.3 Å². The molecule has 0 saturated heterocycles. The average molecular weight is 663 g/mol. The highest BCUT2D eigenvalue weighted by atomic mass is 16.3. The molecule has 0 N–H and O–H groups in total. The van der Waals surface area contributed by atoms with Crippen LogP contribution >= 0.6 is 0 Å². The van der Waals surface area contributed by atoms with Gasteiger partial charge in [0.25, 0.3) is 0 Å². The smallest absolute Gasteiger partial charge is 0.143 e. The largest absolute Gasteiger partial charge is 0.455 e. The van der Waals surface area contributed by atoms with Crippen LogP contribution in [0.3, 0.4) is 0 Å². The van der Waals surface area contributed by atoms with Crippen LogP contribution in [0.5, 0.6) is 0 Å². The summed E-state index contributed by atoms with van der Waals surface area (Å²) in [5.74, 6) is 0. The van der Waals surface area contributed by atoms with E-state index in [1.165, 1.54) is 82.4 Å². The molecule has 1 heterocycles. The van der Waals surface area contributed by atoms with Crippen molar-refractivity contribution < 1.29 is 4.42 Å². The molecule has 0 aliphatic heterocycles. The normalized spacial score (nSPS) is 13.3. The van der Waals surface area contributed by atoms with Gasteiger partial charge >= 0.3 is 0 Å². The van der Waals surface area contributed by atoms with E-state index in [4.69, 9.17) is 4.42 Å². The Hall–Kier alpha value is -6.44. The Morgan fingerprint density at radius 1 is 0.365 bits per heavy atom. The third-order valence-corrected chi connectivity index (χ3v) is 11.7. The van der Waals surface area contributed by atoms with E-state index in [0.29, 0.717) is 0 Å². The second-order valence-electron chi connectivity index (χ2n) is 14.8. The Balaban J connectivity index is 1.11. The van der Waals surface area contributed by atoms with Crippen LogP contribution in [0.1, 0.15) is 25.0 Å². The van der Waals surface area contributed by atoms with Crippen LogP contribution in [-0.4, -0.2) is 0 Å². The van der Waals surface area contributed by atoms with E-state index in [0.717, 1.165) is 27.5 Å². The molecule has 1 nitrogen and oxygen atoms in total. The molecular formula is C51H34O. The third kappa shape index (κ3) is 4.05. The lowest BCUT2D eigenvalue weighted by atomic mass is 9.81. The quantitative estimate of drug-likeness (QED) is 0.172. The van der Waals surface area contributed by atoms with Crippen molar-refractivity contribution in [2.24, 2.45) is 0 Å². The van der Waals surface area contributed by atoms with Crippen LogP contribution in [0, 0.1) is 0 Å². The summed E-state index contributed by atoms with van der Waals surface area (Å²) >= 11 is 0. The van der Waals surface area contributed by atoms with Gasteiger partial charge in [-0.2, -0.15) is 0 Å². The maximum atomic E-state index is 6.60. The Morgan fingerprint density at radius 2 is 0.962 bits per heavy atom. The molecule has 0 atom stereocenters.